The molecule has 4 heterocycles. The standard InChI is InChI=1S/C30H40F3N5OS/c1-19-5-4-10-36(14-19)15-20-11-25(30(31,32)33)26-17-37(29(39)38(26)16-20)24-9-3-8-22(12-24)27(21-6-2-7-21)28-35-23(13-34)18-40-28/h11,16-17,19,21-24,27-28,35H,2-10,12,14-15,18H2,1H3/t19-,22?,23?,24?,27-,28?/m0/s1. The quantitative estimate of drug-likeness (QED) is 0.454. The summed E-state index contributed by atoms with van der Waals surface area (Å²) < 4.78 is 45.7. The number of nitrogens with one attached hydrogen (secondary N) is 1. The number of thioether (sulfide) groups is 1. The van der Waals surface area contributed by atoms with Crippen molar-refractivity contribution in [1.29, 1.82) is 5.26 Å². The van der Waals surface area contributed by atoms with Gasteiger partial charge in [0.15, 0.2) is 0 Å². The zero-order valence-corrected chi connectivity index (χ0v) is 24.0. The van der Waals surface area contributed by atoms with Gasteiger partial charge in [0.1, 0.15) is 6.04 Å². The molecule has 2 saturated heterocycles. The SMILES string of the molecule is C[C@H]1CCCN(Cc2cc(C(F)(F)F)c3cn(C4CCCC([C@H](C5CCC5)C5NC(C#N)CS5)C4)c(=O)n3c2)C1. The van der Waals surface area contributed by atoms with Crippen LogP contribution < -0.4 is 11.0 Å². The van der Waals surface area contributed by atoms with Gasteiger partial charge in [-0.1, -0.05) is 32.6 Å². The molecule has 2 aromatic heterocycles. The molecule has 10 heteroatoms. The molecule has 2 aliphatic carbocycles. The molecule has 2 aliphatic heterocycles. The summed E-state index contributed by atoms with van der Waals surface area (Å²) in [7, 11) is 0. The molecule has 0 spiro atoms. The van der Waals surface area contributed by atoms with E-state index in [0.717, 1.165) is 57.4 Å². The Hall–Kier alpha value is -1.96. The highest BCUT2D eigenvalue weighted by Gasteiger charge is 2.44. The van der Waals surface area contributed by atoms with E-state index in [-0.39, 0.29) is 28.7 Å². The van der Waals surface area contributed by atoms with Gasteiger partial charge < -0.3 is 0 Å². The van der Waals surface area contributed by atoms with Crippen molar-refractivity contribution in [2.75, 3.05) is 18.8 Å². The van der Waals surface area contributed by atoms with Gasteiger partial charge in [-0.3, -0.25) is 19.2 Å². The average Bonchev–Trinajstić information content (AvgIpc) is 3.50. The highest BCUT2D eigenvalue weighted by Crippen LogP contribution is 2.49. The molecule has 4 aliphatic rings. The van der Waals surface area contributed by atoms with E-state index in [2.05, 4.69) is 23.2 Å². The van der Waals surface area contributed by atoms with Gasteiger partial charge in [-0.2, -0.15) is 18.4 Å². The zero-order chi connectivity index (χ0) is 28.0. The highest BCUT2D eigenvalue weighted by atomic mass is 32.2. The Bertz CT molecular complexity index is 1310. The van der Waals surface area contributed by atoms with E-state index >= 15 is 0 Å². The first-order valence-corrected chi connectivity index (χ1v) is 16.1. The summed E-state index contributed by atoms with van der Waals surface area (Å²) in [4.78, 5) is 15.9. The fraction of sp³-hybridized carbons (Fsp3) is 0.733. The number of pyridine rings is 1. The van der Waals surface area contributed by atoms with E-state index < -0.39 is 11.7 Å². The van der Waals surface area contributed by atoms with Crippen LogP contribution in [0, 0.1) is 35.0 Å². The fourth-order valence-corrected chi connectivity index (χ4v) is 9.32. The monoisotopic (exact) mass is 575 g/mol. The van der Waals surface area contributed by atoms with Crippen molar-refractivity contribution in [3.8, 4) is 6.07 Å². The second kappa shape index (κ2) is 11.4. The molecule has 6 atom stereocenters. The van der Waals surface area contributed by atoms with Crippen LogP contribution in [0.4, 0.5) is 13.2 Å². The van der Waals surface area contributed by atoms with Crippen molar-refractivity contribution < 1.29 is 13.2 Å². The maximum absolute atomic E-state index is 14.3. The van der Waals surface area contributed by atoms with Gasteiger partial charge in [0.2, 0.25) is 0 Å². The lowest BCUT2D eigenvalue weighted by Crippen LogP contribution is -2.44. The lowest BCUT2D eigenvalue weighted by molar-refractivity contribution is -0.136. The molecule has 4 unspecified atom stereocenters. The third-order valence-corrected chi connectivity index (χ3v) is 11.3. The first-order chi connectivity index (χ1) is 19.2. The number of aromatic nitrogens is 2. The van der Waals surface area contributed by atoms with Gasteiger partial charge in [0.25, 0.3) is 0 Å². The second-order valence-corrected chi connectivity index (χ2v) is 13.9. The molecule has 2 aromatic rings. The van der Waals surface area contributed by atoms with Crippen LogP contribution in [-0.4, -0.2) is 44.1 Å². The first-order valence-electron chi connectivity index (χ1n) is 15.0. The summed E-state index contributed by atoms with van der Waals surface area (Å²) in [5.74, 6) is 2.75. The molecule has 0 bridgehead atoms. The van der Waals surface area contributed by atoms with Crippen molar-refractivity contribution in [3.05, 3.63) is 40.1 Å². The lowest BCUT2D eigenvalue weighted by Gasteiger charge is -2.44. The largest absolute Gasteiger partial charge is 0.418 e. The summed E-state index contributed by atoms with van der Waals surface area (Å²) in [5, 5.41) is 13.2. The Balaban J connectivity index is 1.29. The van der Waals surface area contributed by atoms with E-state index in [1.807, 2.05) is 11.8 Å². The molecule has 0 aromatic carbocycles. The molecular formula is C30H40F3N5OS. The average molecular weight is 576 g/mol. The van der Waals surface area contributed by atoms with Gasteiger partial charge in [-0.15, -0.1) is 11.8 Å². The van der Waals surface area contributed by atoms with Crippen LogP contribution in [0.15, 0.2) is 23.3 Å². The summed E-state index contributed by atoms with van der Waals surface area (Å²) in [6.45, 7) is 4.33. The maximum atomic E-state index is 14.3. The minimum absolute atomic E-state index is 0.0456. The Labute approximate surface area is 238 Å². The smallest absolute Gasteiger partial charge is 0.299 e. The number of rotatable bonds is 6. The minimum Gasteiger partial charge on any atom is -0.299 e. The van der Waals surface area contributed by atoms with Crippen LogP contribution >= 0.6 is 11.8 Å². The number of nitriles is 1. The van der Waals surface area contributed by atoms with Gasteiger partial charge >= 0.3 is 11.9 Å². The van der Waals surface area contributed by atoms with Crippen molar-refractivity contribution in [2.24, 2.45) is 23.7 Å². The van der Waals surface area contributed by atoms with Crippen molar-refractivity contribution in [3.63, 3.8) is 0 Å². The molecule has 0 radical (unpaired) electrons. The van der Waals surface area contributed by atoms with Gasteiger partial charge in [-0.25, -0.2) is 4.79 Å². The van der Waals surface area contributed by atoms with E-state index in [0.29, 0.717) is 35.8 Å². The number of likely N-dealkylation sites (tertiary alicyclic amines) is 1. The predicted octanol–water partition coefficient (Wildman–Crippen LogP) is 6.05. The van der Waals surface area contributed by atoms with Crippen molar-refractivity contribution in [1.82, 2.24) is 19.2 Å². The Morgan fingerprint density at radius 3 is 2.58 bits per heavy atom. The van der Waals surface area contributed by atoms with Gasteiger partial charge in [-0.05, 0) is 74.0 Å². The Morgan fingerprint density at radius 1 is 1.12 bits per heavy atom. The van der Waals surface area contributed by atoms with E-state index in [9.17, 15) is 23.2 Å². The Kier molecular flexibility index (Phi) is 8.01. The van der Waals surface area contributed by atoms with Gasteiger partial charge in [0, 0.05) is 37.3 Å². The summed E-state index contributed by atoms with van der Waals surface area (Å²) >= 11 is 1.84. The molecular weight excluding hydrogens is 535 g/mol. The number of halogens is 3. The van der Waals surface area contributed by atoms with E-state index in [1.165, 1.54) is 35.9 Å². The molecule has 218 valence electrons. The van der Waals surface area contributed by atoms with Crippen LogP contribution in [0.3, 0.4) is 0 Å². The van der Waals surface area contributed by atoms with E-state index in [4.69, 9.17) is 0 Å². The molecule has 4 fully saturated rings. The molecule has 1 N–H and O–H groups in total. The second-order valence-electron chi connectivity index (χ2n) is 12.8. The topological polar surface area (TPSA) is 65.5 Å². The third-order valence-electron chi connectivity index (χ3n) is 9.93. The lowest BCUT2D eigenvalue weighted by atomic mass is 9.66. The first kappa shape index (κ1) is 28.2. The number of hydrogen-bond donors (Lipinski definition) is 1. The molecule has 6 rings (SSSR count). The zero-order valence-electron chi connectivity index (χ0n) is 23.2. The summed E-state index contributed by atoms with van der Waals surface area (Å²) in [5.41, 5.74) is -0.592. The van der Waals surface area contributed by atoms with Crippen molar-refractivity contribution in [2.45, 2.75) is 94.9 Å². The summed E-state index contributed by atoms with van der Waals surface area (Å²) in [6.07, 6.45) is 8.02. The number of alkyl halides is 3. The van der Waals surface area contributed by atoms with Crippen molar-refractivity contribution >= 4 is 17.3 Å². The molecule has 40 heavy (non-hydrogen) atoms. The van der Waals surface area contributed by atoms with E-state index in [1.54, 1.807) is 10.8 Å². The van der Waals surface area contributed by atoms with Crippen LogP contribution in [0.25, 0.3) is 5.52 Å². The van der Waals surface area contributed by atoms with Crippen LogP contribution in [0.2, 0.25) is 0 Å². The third kappa shape index (κ3) is 5.58. The Morgan fingerprint density at radius 2 is 1.90 bits per heavy atom. The number of fused-ring (bicyclic) bond motifs is 1. The molecule has 0 amide bonds. The highest BCUT2D eigenvalue weighted by molar-refractivity contribution is 8.00. The normalized spacial score (nSPS) is 31.2. The molecule has 2 saturated carbocycles. The maximum Gasteiger partial charge on any atom is 0.418 e. The number of piperidine rings is 1. The molecule has 6 nitrogen and oxygen atoms in total. The van der Waals surface area contributed by atoms with Crippen LogP contribution in [0.5, 0.6) is 0 Å². The fourth-order valence-electron chi connectivity index (χ4n) is 7.82. The minimum atomic E-state index is -4.54. The van der Waals surface area contributed by atoms with Gasteiger partial charge in [0.05, 0.1) is 22.5 Å². The predicted molar refractivity (Wildman–Crippen MR) is 151 cm³/mol. The van der Waals surface area contributed by atoms with Crippen LogP contribution in [0.1, 0.15) is 81.9 Å². The number of imidazole rings is 1. The summed E-state index contributed by atoms with van der Waals surface area (Å²) in [6, 6.07) is 3.37. The number of hydrogen-bond acceptors (Lipinski definition) is 5. The number of nitrogens with zero attached hydrogens (tertiary/aromatic N) is 4. The van der Waals surface area contributed by atoms with Crippen LogP contribution in [-0.2, 0) is 12.7 Å².